The monoisotopic (exact) mass is 307 g/mol. The predicted octanol–water partition coefficient (Wildman–Crippen LogP) is 3.22. The number of likely N-dealkylation sites (tertiary alicyclic amines) is 1. The van der Waals surface area contributed by atoms with Crippen LogP contribution in [0.1, 0.15) is 12.0 Å². The molecular weight excluding hydrogens is 282 g/mol. The second kappa shape index (κ2) is 5.89. The van der Waals surface area contributed by atoms with Crippen molar-refractivity contribution in [3.63, 3.8) is 0 Å². The summed E-state index contributed by atoms with van der Waals surface area (Å²) in [6.45, 7) is 3.43. The van der Waals surface area contributed by atoms with E-state index in [9.17, 15) is 0 Å². The minimum absolute atomic E-state index is 0.657. The summed E-state index contributed by atoms with van der Waals surface area (Å²) < 4.78 is 0. The smallest absolute Gasteiger partial charge is 0.0607 e. The van der Waals surface area contributed by atoms with Gasteiger partial charge in [-0.15, -0.1) is 0 Å². The van der Waals surface area contributed by atoms with Gasteiger partial charge in [-0.05, 0) is 24.1 Å². The molecule has 2 heterocycles. The largest absolute Gasteiger partial charge is 0.376 e. The van der Waals surface area contributed by atoms with Crippen molar-refractivity contribution in [1.82, 2.24) is 4.90 Å². The summed E-state index contributed by atoms with van der Waals surface area (Å²) in [5.41, 5.74) is 4.15. The van der Waals surface area contributed by atoms with Crippen LogP contribution in [0.2, 0.25) is 0 Å². The molecule has 2 fully saturated rings. The average molecular weight is 307 g/mol. The lowest BCUT2D eigenvalue weighted by molar-refractivity contribution is 0.230. The van der Waals surface area contributed by atoms with Gasteiger partial charge < -0.3 is 9.80 Å². The van der Waals surface area contributed by atoms with Crippen LogP contribution in [0.5, 0.6) is 0 Å². The van der Waals surface area contributed by atoms with Crippen molar-refractivity contribution in [3.8, 4) is 0 Å². The molecular formula is C20H25N3. The first-order chi connectivity index (χ1) is 11.2. The summed E-state index contributed by atoms with van der Waals surface area (Å²) >= 11 is 0. The minimum atomic E-state index is 0.657. The van der Waals surface area contributed by atoms with Crippen molar-refractivity contribution < 1.29 is 0 Å². The van der Waals surface area contributed by atoms with E-state index in [1.807, 2.05) is 0 Å². The molecule has 23 heavy (non-hydrogen) atoms. The van der Waals surface area contributed by atoms with Crippen LogP contribution in [-0.4, -0.2) is 44.2 Å². The van der Waals surface area contributed by atoms with Crippen LogP contribution in [0.4, 0.5) is 11.4 Å². The first kappa shape index (κ1) is 14.6. The Balaban J connectivity index is 1.49. The van der Waals surface area contributed by atoms with Crippen LogP contribution in [-0.2, 0) is 6.54 Å². The number of hydrogen-bond donors (Lipinski definition) is 0. The van der Waals surface area contributed by atoms with Crippen LogP contribution in [0, 0.1) is 0 Å². The third-order valence-electron chi connectivity index (χ3n) is 5.26. The third-order valence-corrected chi connectivity index (χ3v) is 5.26. The second-order valence-electron chi connectivity index (χ2n) is 6.99. The fraction of sp³-hybridized carbons (Fsp3) is 0.400. The highest BCUT2D eigenvalue weighted by Crippen LogP contribution is 2.39. The first-order valence-electron chi connectivity index (χ1n) is 8.53. The van der Waals surface area contributed by atoms with E-state index in [-0.39, 0.29) is 0 Å². The molecule has 2 aromatic rings. The maximum Gasteiger partial charge on any atom is 0.0607 e. The van der Waals surface area contributed by atoms with Crippen molar-refractivity contribution >= 4 is 11.4 Å². The summed E-state index contributed by atoms with van der Waals surface area (Å²) in [5.74, 6) is 0. The van der Waals surface area contributed by atoms with Gasteiger partial charge in [0.05, 0.1) is 11.4 Å². The SMILES string of the molecule is CN(C)c1ccccc1N1CC2CC1CN2Cc1ccccc1. The lowest BCUT2D eigenvalue weighted by atomic mass is 10.1. The lowest BCUT2D eigenvalue weighted by Gasteiger charge is -2.37. The number of rotatable bonds is 4. The molecule has 2 aliphatic heterocycles. The van der Waals surface area contributed by atoms with E-state index < -0.39 is 0 Å². The Morgan fingerprint density at radius 3 is 2.35 bits per heavy atom. The Hall–Kier alpha value is -2.00. The highest BCUT2D eigenvalue weighted by molar-refractivity contribution is 5.72. The molecule has 0 N–H and O–H groups in total. The zero-order valence-electron chi connectivity index (χ0n) is 14.0. The van der Waals surface area contributed by atoms with Gasteiger partial charge in [-0.25, -0.2) is 0 Å². The predicted molar refractivity (Wildman–Crippen MR) is 97.2 cm³/mol. The Kier molecular flexibility index (Phi) is 3.74. The molecule has 0 amide bonds. The lowest BCUT2D eigenvalue weighted by Crippen LogP contribution is -2.46. The van der Waals surface area contributed by atoms with Gasteiger partial charge in [0.15, 0.2) is 0 Å². The maximum absolute atomic E-state index is 2.66. The molecule has 2 bridgehead atoms. The molecule has 0 spiro atoms. The number of fused-ring (bicyclic) bond motifs is 2. The molecule has 120 valence electrons. The summed E-state index contributed by atoms with van der Waals surface area (Å²) in [7, 11) is 4.27. The Morgan fingerprint density at radius 2 is 1.65 bits per heavy atom. The van der Waals surface area contributed by atoms with E-state index in [2.05, 4.69) is 83.4 Å². The molecule has 0 aliphatic carbocycles. The van der Waals surface area contributed by atoms with Crippen LogP contribution < -0.4 is 9.80 Å². The van der Waals surface area contributed by atoms with Crippen LogP contribution in [0.3, 0.4) is 0 Å². The molecule has 4 rings (SSSR count). The topological polar surface area (TPSA) is 9.72 Å². The molecule has 0 radical (unpaired) electrons. The summed E-state index contributed by atoms with van der Waals surface area (Å²) in [6.07, 6.45) is 1.30. The average Bonchev–Trinajstić information content (AvgIpc) is 3.16. The van der Waals surface area contributed by atoms with Crippen molar-refractivity contribution in [1.29, 1.82) is 0 Å². The standard InChI is InChI=1S/C20H25N3/c1-21(2)19-10-6-7-11-20(19)23-15-17-12-18(23)14-22(17)13-16-8-4-3-5-9-16/h3-11,17-18H,12-15H2,1-2H3. The molecule has 0 saturated carbocycles. The Morgan fingerprint density at radius 1 is 0.913 bits per heavy atom. The number of para-hydroxylation sites is 2. The summed E-state index contributed by atoms with van der Waals surface area (Å²) in [6, 6.07) is 21.0. The fourth-order valence-corrected chi connectivity index (χ4v) is 4.14. The van der Waals surface area contributed by atoms with Crippen LogP contribution in [0.15, 0.2) is 54.6 Å². The zero-order chi connectivity index (χ0) is 15.8. The Bertz CT molecular complexity index is 668. The normalized spacial score (nSPS) is 23.5. The first-order valence-corrected chi connectivity index (χ1v) is 8.53. The van der Waals surface area contributed by atoms with E-state index in [1.165, 1.54) is 29.9 Å². The number of piperazine rings is 1. The molecule has 3 heteroatoms. The van der Waals surface area contributed by atoms with Crippen molar-refractivity contribution in [3.05, 3.63) is 60.2 Å². The fourth-order valence-electron chi connectivity index (χ4n) is 4.14. The van der Waals surface area contributed by atoms with Crippen molar-refractivity contribution in [2.75, 3.05) is 37.0 Å². The van der Waals surface area contributed by atoms with Gasteiger partial charge in [-0.1, -0.05) is 42.5 Å². The van der Waals surface area contributed by atoms with E-state index >= 15 is 0 Å². The van der Waals surface area contributed by atoms with Gasteiger partial charge in [-0.2, -0.15) is 0 Å². The summed E-state index contributed by atoms with van der Waals surface area (Å²) in [4.78, 5) is 7.51. The van der Waals surface area contributed by atoms with Gasteiger partial charge >= 0.3 is 0 Å². The Labute approximate surface area is 139 Å². The molecule has 2 saturated heterocycles. The number of benzene rings is 2. The number of hydrogen-bond acceptors (Lipinski definition) is 3. The molecule has 3 nitrogen and oxygen atoms in total. The molecule has 2 unspecified atom stereocenters. The van der Waals surface area contributed by atoms with Gasteiger partial charge in [0.1, 0.15) is 0 Å². The third kappa shape index (κ3) is 2.70. The zero-order valence-corrected chi connectivity index (χ0v) is 14.0. The van der Waals surface area contributed by atoms with E-state index in [1.54, 1.807) is 0 Å². The maximum atomic E-state index is 2.66. The van der Waals surface area contributed by atoms with Gasteiger partial charge in [-0.3, -0.25) is 4.90 Å². The quantitative estimate of drug-likeness (QED) is 0.859. The minimum Gasteiger partial charge on any atom is -0.376 e. The molecule has 2 atom stereocenters. The van der Waals surface area contributed by atoms with E-state index in [0.29, 0.717) is 12.1 Å². The number of anilines is 2. The molecule has 2 aromatic carbocycles. The van der Waals surface area contributed by atoms with Gasteiger partial charge in [0.25, 0.3) is 0 Å². The van der Waals surface area contributed by atoms with Crippen molar-refractivity contribution in [2.24, 2.45) is 0 Å². The van der Waals surface area contributed by atoms with E-state index in [4.69, 9.17) is 0 Å². The molecule has 2 aliphatic rings. The van der Waals surface area contributed by atoms with Crippen molar-refractivity contribution in [2.45, 2.75) is 25.0 Å². The van der Waals surface area contributed by atoms with Gasteiger partial charge in [0, 0.05) is 45.8 Å². The van der Waals surface area contributed by atoms with Crippen LogP contribution in [0.25, 0.3) is 0 Å². The van der Waals surface area contributed by atoms with Crippen LogP contribution >= 0.6 is 0 Å². The molecule has 0 aromatic heterocycles. The highest BCUT2D eigenvalue weighted by atomic mass is 15.4. The second-order valence-corrected chi connectivity index (χ2v) is 6.99. The number of nitrogens with zero attached hydrogens (tertiary/aromatic N) is 3. The summed E-state index contributed by atoms with van der Waals surface area (Å²) in [5, 5.41) is 0. The van der Waals surface area contributed by atoms with Gasteiger partial charge in [0.2, 0.25) is 0 Å². The van der Waals surface area contributed by atoms with E-state index in [0.717, 1.165) is 13.1 Å². The highest BCUT2D eigenvalue weighted by Gasteiger charge is 2.43.